The summed E-state index contributed by atoms with van der Waals surface area (Å²) in [5.74, 6) is 0.355. The maximum atomic E-state index is 11.9. The summed E-state index contributed by atoms with van der Waals surface area (Å²) in [6.07, 6.45) is 3.66. The molecule has 0 saturated heterocycles. The van der Waals surface area contributed by atoms with Crippen LogP contribution in [0.4, 0.5) is 5.69 Å². The summed E-state index contributed by atoms with van der Waals surface area (Å²) in [6.45, 7) is 6.18. The molecule has 0 fully saturated rings. The van der Waals surface area contributed by atoms with Crippen molar-refractivity contribution < 1.29 is 14.3 Å². The second-order valence-corrected chi connectivity index (χ2v) is 4.76. The molecule has 19 heavy (non-hydrogen) atoms. The molecule has 0 radical (unpaired) electrons. The van der Waals surface area contributed by atoms with E-state index in [0.717, 1.165) is 12.8 Å². The van der Waals surface area contributed by atoms with Crippen molar-refractivity contribution in [2.45, 2.75) is 39.2 Å². The Bertz CT molecular complexity index is 402. The molecule has 106 valence electrons. The quantitative estimate of drug-likeness (QED) is 0.771. The van der Waals surface area contributed by atoms with Gasteiger partial charge in [0.05, 0.1) is 18.5 Å². The minimum absolute atomic E-state index is 0.212. The van der Waals surface area contributed by atoms with Crippen LogP contribution in [0.25, 0.3) is 0 Å². The van der Waals surface area contributed by atoms with Crippen LogP contribution in [0, 0.1) is 0 Å². The maximum Gasteiger partial charge on any atom is 0.256 e. The highest BCUT2D eigenvalue weighted by atomic mass is 16.5. The van der Waals surface area contributed by atoms with Gasteiger partial charge in [0, 0.05) is 13.2 Å². The molecule has 0 aromatic carbocycles. The number of anilines is 1. The Balaban J connectivity index is 2.55. The molecule has 0 saturated carbocycles. The lowest BCUT2D eigenvalue weighted by Crippen LogP contribution is -2.38. The Hall–Kier alpha value is -1.62. The molecule has 1 N–H and O–H groups in total. The van der Waals surface area contributed by atoms with Crippen LogP contribution in [-0.4, -0.2) is 30.2 Å². The summed E-state index contributed by atoms with van der Waals surface area (Å²) < 4.78 is 10.6. The van der Waals surface area contributed by atoms with Crippen LogP contribution < -0.4 is 10.1 Å². The molecule has 0 unspecified atom stereocenters. The Morgan fingerprint density at radius 1 is 1.42 bits per heavy atom. The lowest BCUT2D eigenvalue weighted by Gasteiger charge is -2.21. The zero-order valence-electron chi connectivity index (χ0n) is 12.0. The minimum Gasteiger partial charge on any atom is -0.478 e. The number of amides is 1. The van der Waals surface area contributed by atoms with Gasteiger partial charge in [-0.2, -0.15) is 0 Å². The molecule has 1 aromatic heterocycles. The van der Waals surface area contributed by atoms with Gasteiger partial charge in [0.1, 0.15) is 5.60 Å². The van der Waals surface area contributed by atoms with E-state index in [1.54, 1.807) is 32.2 Å². The highest BCUT2D eigenvalue weighted by Crippen LogP contribution is 2.15. The number of pyridine rings is 1. The van der Waals surface area contributed by atoms with Crippen LogP contribution in [0.3, 0.4) is 0 Å². The van der Waals surface area contributed by atoms with E-state index in [9.17, 15) is 4.79 Å². The number of nitrogens with zero attached hydrogens (tertiary/aromatic N) is 1. The number of carbonyl (C=O) groups is 1. The van der Waals surface area contributed by atoms with Crippen molar-refractivity contribution in [1.82, 2.24) is 4.98 Å². The number of ether oxygens (including phenoxy) is 2. The van der Waals surface area contributed by atoms with Gasteiger partial charge in [-0.3, -0.25) is 4.79 Å². The molecule has 0 spiro atoms. The zero-order valence-corrected chi connectivity index (χ0v) is 12.0. The van der Waals surface area contributed by atoms with E-state index < -0.39 is 5.60 Å². The average Bonchev–Trinajstić information content (AvgIpc) is 2.41. The first kappa shape index (κ1) is 15.4. The van der Waals surface area contributed by atoms with Crippen LogP contribution in [0.2, 0.25) is 0 Å². The number of hydrogen-bond donors (Lipinski definition) is 1. The van der Waals surface area contributed by atoms with Gasteiger partial charge in [0.25, 0.3) is 5.91 Å². The summed E-state index contributed by atoms with van der Waals surface area (Å²) in [7, 11) is 1.50. The SMILES string of the molecule is CCCCOc1ccc(NC(=O)C(C)(C)OC)cn1. The molecule has 1 rings (SSSR count). The normalized spacial score (nSPS) is 11.2. The summed E-state index contributed by atoms with van der Waals surface area (Å²) in [6, 6.07) is 3.50. The van der Waals surface area contributed by atoms with Gasteiger partial charge in [-0.25, -0.2) is 4.98 Å². The van der Waals surface area contributed by atoms with E-state index in [1.807, 2.05) is 0 Å². The predicted molar refractivity (Wildman–Crippen MR) is 74.4 cm³/mol. The first-order chi connectivity index (χ1) is 8.99. The van der Waals surface area contributed by atoms with Crippen molar-refractivity contribution in [2.24, 2.45) is 0 Å². The maximum absolute atomic E-state index is 11.9. The summed E-state index contributed by atoms with van der Waals surface area (Å²) >= 11 is 0. The molecule has 0 aliphatic rings. The standard InChI is InChI=1S/C14H22N2O3/c1-5-6-9-19-12-8-7-11(10-15-12)16-13(17)14(2,3)18-4/h7-8,10H,5-6,9H2,1-4H3,(H,16,17). The molecular weight excluding hydrogens is 244 g/mol. The average molecular weight is 266 g/mol. The molecule has 0 atom stereocenters. The van der Waals surface area contributed by atoms with Gasteiger partial charge in [-0.15, -0.1) is 0 Å². The number of nitrogens with one attached hydrogen (secondary N) is 1. The summed E-state index contributed by atoms with van der Waals surface area (Å²) in [4.78, 5) is 16.0. The van der Waals surface area contributed by atoms with Gasteiger partial charge >= 0.3 is 0 Å². The lowest BCUT2D eigenvalue weighted by molar-refractivity contribution is -0.133. The Labute approximate surface area is 114 Å². The van der Waals surface area contributed by atoms with Gasteiger partial charge in [0.2, 0.25) is 5.88 Å². The third kappa shape index (κ3) is 4.87. The first-order valence-electron chi connectivity index (χ1n) is 6.45. The number of hydrogen-bond acceptors (Lipinski definition) is 4. The Morgan fingerprint density at radius 3 is 2.68 bits per heavy atom. The largest absolute Gasteiger partial charge is 0.478 e. The monoisotopic (exact) mass is 266 g/mol. The number of carbonyl (C=O) groups excluding carboxylic acids is 1. The third-order valence-corrected chi connectivity index (χ3v) is 2.80. The lowest BCUT2D eigenvalue weighted by atomic mass is 10.1. The summed E-state index contributed by atoms with van der Waals surface area (Å²) in [5, 5.41) is 2.75. The van der Waals surface area contributed by atoms with E-state index in [-0.39, 0.29) is 5.91 Å². The number of aromatic nitrogens is 1. The van der Waals surface area contributed by atoms with Crippen LogP contribution >= 0.6 is 0 Å². The second kappa shape index (κ2) is 7.09. The highest BCUT2D eigenvalue weighted by Gasteiger charge is 2.26. The Morgan fingerprint density at radius 2 is 2.16 bits per heavy atom. The van der Waals surface area contributed by atoms with Crippen molar-refractivity contribution >= 4 is 11.6 Å². The first-order valence-corrected chi connectivity index (χ1v) is 6.45. The van der Waals surface area contributed by atoms with Crippen molar-refractivity contribution in [3.8, 4) is 5.88 Å². The number of methoxy groups -OCH3 is 1. The van der Waals surface area contributed by atoms with Crippen LogP contribution in [-0.2, 0) is 9.53 Å². The van der Waals surface area contributed by atoms with Crippen molar-refractivity contribution in [3.63, 3.8) is 0 Å². The van der Waals surface area contributed by atoms with Crippen LogP contribution in [0.15, 0.2) is 18.3 Å². The minimum atomic E-state index is -0.865. The molecule has 5 heteroatoms. The van der Waals surface area contributed by atoms with Crippen molar-refractivity contribution in [1.29, 1.82) is 0 Å². The number of unbranched alkanes of at least 4 members (excludes halogenated alkanes) is 1. The van der Waals surface area contributed by atoms with Gasteiger partial charge < -0.3 is 14.8 Å². The predicted octanol–water partition coefficient (Wildman–Crippen LogP) is 2.62. The molecule has 1 heterocycles. The third-order valence-electron chi connectivity index (χ3n) is 2.80. The fourth-order valence-corrected chi connectivity index (χ4v) is 1.24. The fraction of sp³-hybridized carbons (Fsp3) is 0.571. The van der Waals surface area contributed by atoms with E-state index >= 15 is 0 Å². The van der Waals surface area contributed by atoms with Gasteiger partial charge in [-0.1, -0.05) is 13.3 Å². The molecule has 0 aliphatic carbocycles. The topological polar surface area (TPSA) is 60.5 Å². The smallest absolute Gasteiger partial charge is 0.256 e. The van der Waals surface area contributed by atoms with Gasteiger partial charge in [-0.05, 0) is 26.3 Å². The zero-order chi connectivity index (χ0) is 14.3. The van der Waals surface area contributed by atoms with Crippen LogP contribution in [0.1, 0.15) is 33.6 Å². The molecule has 0 bridgehead atoms. The van der Waals surface area contributed by atoms with Crippen molar-refractivity contribution in [3.05, 3.63) is 18.3 Å². The number of rotatable bonds is 7. The Kier molecular flexibility index (Phi) is 5.76. The fourth-order valence-electron chi connectivity index (χ4n) is 1.24. The molecular formula is C14H22N2O3. The molecule has 1 amide bonds. The van der Waals surface area contributed by atoms with Crippen molar-refractivity contribution in [2.75, 3.05) is 19.0 Å². The highest BCUT2D eigenvalue weighted by molar-refractivity contribution is 5.96. The molecule has 5 nitrogen and oxygen atoms in total. The molecule has 0 aliphatic heterocycles. The van der Waals surface area contributed by atoms with E-state index in [1.165, 1.54) is 7.11 Å². The van der Waals surface area contributed by atoms with E-state index in [0.29, 0.717) is 18.2 Å². The van der Waals surface area contributed by atoms with Crippen LogP contribution in [0.5, 0.6) is 5.88 Å². The van der Waals surface area contributed by atoms with Gasteiger partial charge in [0.15, 0.2) is 0 Å². The second-order valence-electron chi connectivity index (χ2n) is 4.76. The summed E-state index contributed by atoms with van der Waals surface area (Å²) in [5.41, 5.74) is -0.242. The van der Waals surface area contributed by atoms with E-state index in [4.69, 9.17) is 9.47 Å². The molecule has 1 aromatic rings. The van der Waals surface area contributed by atoms with E-state index in [2.05, 4.69) is 17.2 Å².